The van der Waals surface area contributed by atoms with Crippen molar-refractivity contribution in [1.29, 1.82) is 0 Å². The number of aliphatic carboxylic acids is 12. The SMILES string of the molecule is O=C(O)CC(O)(CC(=O)O)C(=O)O.O=C(O)CC(O)(CC(=O)O)C(=O)O.O=C(O)CC(O)(CC(=O)O)C(=O)O.O=C(O)CC(O)(CC(=O)O)C(=O)O.[H-].[H-].[H-].[H-].[H-].[H-].[H-].[H-].[H-].[H-].[H-].[H-].[H-].[H-].[H-].[H-].[H-].[H-].[H-].[H-].[H-].[H-].[H-].[Na+].[Na+].[Na+].[Na+].[Na+].[Na+].[Na+].[Na+].[Na+].[Na+].[Na+].[Na+].[Na+].[Na+].[Na+].[Na+].[Na+].[Na+].[Na+].[Na+].[Na+].[Na+].[Na+]. The van der Waals surface area contributed by atoms with Gasteiger partial charge in [-0.25, -0.2) is 19.2 Å². The van der Waals surface area contributed by atoms with Crippen LogP contribution < -0.4 is 680 Å². The summed E-state index contributed by atoms with van der Waals surface area (Å²) in [5.41, 5.74) is -11.0. The van der Waals surface area contributed by atoms with Crippen LogP contribution in [0.1, 0.15) is 84.2 Å². The van der Waals surface area contributed by atoms with Crippen LogP contribution in [0.25, 0.3) is 0 Å². The van der Waals surface area contributed by atoms with Gasteiger partial charge in [0.05, 0.1) is 51.4 Å². The largest absolute Gasteiger partial charge is 1.00 e. The summed E-state index contributed by atoms with van der Waals surface area (Å²) in [6, 6.07) is 0. The van der Waals surface area contributed by atoms with E-state index in [2.05, 4.69) is 0 Å². The molecule has 0 spiro atoms. The van der Waals surface area contributed by atoms with Crippen LogP contribution in [0.3, 0.4) is 0 Å². The minimum atomic E-state index is -2.74. The Morgan fingerprint density at radius 3 is 0.267 bits per heavy atom. The molecule has 0 aromatic carbocycles. The Morgan fingerprint density at radius 1 is 0.187 bits per heavy atom. The number of hydrogen-bond acceptors (Lipinski definition) is 16. The molecule has 0 aliphatic carbocycles. The van der Waals surface area contributed by atoms with Gasteiger partial charge in [0, 0.05) is 0 Å². The van der Waals surface area contributed by atoms with E-state index in [9.17, 15) is 57.5 Å². The molecule has 16 N–H and O–H groups in total. The Bertz CT molecular complexity index is 1260. The first-order chi connectivity index (χ1) is 23.1. The second-order valence-corrected chi connectivity index (χ2v) is 9.91. The zero-order valence-corrected chi connectivity index (χ0v) is 94.7. The summed E-state index contributed by atoms with van der Waals surface area (Å²) < 4.78 is 0. The summed E-state index contributed by atoms with van der Waals surface area (Å²) >= 11 is 0. The second kappa shape index (κ2) is 102. The maximum absolute atomic E-state index is 10.3. The third kappa shape index (κ3) is 109. The summed E-state index contributed by atoms with van der Waals surface area (Å²) in [7, 11) is 0. The molecule has 0 fully saturated rings. The molecule has 28 nitrogen and oxygen atoms in total. The fourth-order valence-corrected chi connectivity index (χ4v) is 2.86. The fraction of sp³-hybridized carbons (Fsp3) is 0.500. The van der Waals surface area contributed by atoms with Gasteiger partial charge in [0.1, 0.15) is 0 Å². The third-order valence-corrected chi connectivity index (χ3v) is 5.14. The van der Waals surface area contributed by atoms with Gasteiger partial charge in [-0.1, -0.05) is 0 Å². The van der Waals surface area contributed by atoms with Crippen LogP contribution in [-0.4, -0.2) is 176 Å². The predicted octanol–water partition coefficient (Wildman–Crippen LogP) is -71.3. The molecule has 0 saturated carbocycles. The molecule has 0 aliphatic heterocycles. The van der Waals surface area contributed by atoms with E-state index in [0.29, 0.717) is 0 Å². The Balaban J connectivity index is -0.00000000565. The molecule has 0 aromatic heterocycles. The third-order valence-electron chi connectivity index (χ3n) is 5.14. The summed E-state index contributed by atoms with van der Waals surface area (Å²) in [5.74, 6) is -20.1. The number of carboxylic acids is 12. The topological polar surface area (TPSA) is 529 Å². The fourth-order valence-electron chi connectivity index (χ4n) is 2.86. The number of aliphatic hydroxyl groups is 4. The van der Waals surface area contributed by atoms with Crippen molar-refractivity contribution in [2.45, 2.75) is 73.8 Å². The number of carbonyl (C=O) groups is 12. The van der Waals surface area contributed by atoms with Gasteiger partial charge in [-0.15, -0.1) is 0 Å². The maximum Gasteiger partial charge on any atom is 1.00 e. The minimum absolute atomic E-state index is 0. The van der Waals surface area contributed by atoms with Crippen molar-refractivity contribution in [3.63, 3.8) is 0 Å². The van der Waals surface area contributed by atoms with E-state index in [1.54, 1.807) is 0 Å². The number of hydrogen-bond donors (Lipinski definition) is 16. The molecule has 0 saturated heterocycles. The summed E-state index contributed by atoms with van der Waals surface area (Å²) in [6.07, 6.45) is -9.15. The van der Waals surface area contributed by atoms with Gasteiger partial charge in [0.2, 0.25) is 0 Å². The number of carboxylic acid groups (broad SMARTS) is 12. The van der Waals surface area contributed by atoms with E-state index < -0.39 is 145 Å². The van der Waals surface area contributed by atoms with Gasteiger partial charge in [0.15, 0.2) is 22.4 Å². The Labute approximate surface area is 972 Å². The maximum atomic E-state index is 10.3. The molecular weight excluding hydrogens is 1270 g/mol. The molecule has 0 heterocycles. The molecule has 0 rings (SSSR count). The van der Waals surface area contributed by atoms with Crippen LogP contribution in [-0.2, 0) is 57.5 Å². The molecule has 0 unspecified atom stereocenters. The molecule has 0 radical (unpaired) electrons. The van der Waals surface area contributed by atoms with Gasteiger partial charge in [-0.05, 0) is 0 Å². The summed E-state index contributed by atoms with van der Waals surface area (Å²) in [4.78, 5) is 122. The molecule has 51 heteroatoms. The molecule has 0 aliphatic rings. The van der Waals surface area contributed by atoms with Gasteiger partial charge in [-0.2, -0.15) is 0 Å². The first-order valence-corrected chi connectivity index (χ1v) is 12.7. The predicted molar refractivity (Wildman–Crippen MR) is 174 cm³/mol. The van der Waals surface area contributed by atoms with Gasteiger partial charge in [-0.3, -0.25) is 38.4 Å². The number of rotatable bonds is 20. The minimum Gasteiger partial charge on any atom is -1.00 e. The van der Waals surface area contributed by atoms with Crippen LogP contribution >= 0.6 is 0 Å². The molecular formula is C24H55Na23O28. The second-order valence-electron chi connectivity index (χ2n) is 9.91. The smallest absolute Gasteiger partial charge is 1.00 e. The van der Waals surface area contributed by atoms with E-state index in [1.807, 2.05) is 0 Å². The van der Waals surface area contributed by atoms with Crippen molar-refractivity contribution in [3.05, 3.63) is 0 Å². The van der Waals surface area contributed by atoms with Crippen LogP contribution in [0.2, 0.25) is 0 Å². The van der Waals surface area contributed by atoms with Gasteiger partial charge < -0.3 is 115 Å². The van der Waals surface area contributed by atoms with Crippen molar-refractivity contribution in [2.24, 2.45) is 0 Å². The zero-order chi connectivity index (χ0) is 42.6. The van der Waals surface area contributed by atoms with Crippen LogP contribution in [0.15, 0.2) is 0 Å². The standard InChI is InChI=1S/4C6H8O7.23Na.23H/c4*7-3(8)1-6(13,5(11)12)2-4(9)10;;;;;;;;;;;;;;;;;;;;;;;;;;;;;;;;;;;;;;;;;;;;;;/h4*13H,1-2H2,(H,7,8)(H,9,10)(H,11,12);;;;;;;;;;;;;;;;;;;;;;;;;;;;;;;;;;;;;;;;;;;;;;/q;;;;23*+1;23*-1. The first-order valence-electron chi connectivity index (χ1n) is 12.7. The summed E-state index contributed by atoms with van der Waals surface area (Å²) in [5, 5.41) is 135. The van der Waals surface area contributed by atoms with Crippen LogP contribution in [0, 0.1) is 0 Å². The quantitative estimate of drug-likeness (QED) is 0.0503. The normalized spacial score (nSPS) is 7.52. The van der Waals surface area contributed by atoms with E-state index in [0.717, 1.165) is 0 Å². The van der Waals surface area contributed by atoms with Crippen molar-refractivity contribution in [3.8, 4) is 0 Å². The molecule has 0 amide bonds. The molecule has 75 heavy (non-hydrogen) atoms. The van der Waals surface area contributed by atoms with Crippen molar-refractivity contribution >= 4 is 71.6 Å². The van der Waals surface area contributed by atoms with Crippen molar-refractivity contribution < 1.29 is 852 Å². The van der Waals surface area contributed by atoms with Gasteiger partial charge >= 0.3 is 751 Å². The summed E-state index contributed by atoms with van der Waals surface area (Å²) in [6.45, 7) is 0. The van der Waals surface area contributed by atoms with E-state index >= 15 is 0 Å². The van der Waals surface area contributed by atoms with Crippen LogP contribution in [0.5, 0.6) is 0 Å². The first kappa shape index (κ1) is 180. The van der Waals surface area contributed by atoms with Gasteiger partial charge in [0.25, 0.3) is 0 Å². The zero-order valence-electron chi connectivity index (χ0n) is 71.7. The monoisotopic (exact) mass is 1320 g/mol. The Morgan fingerprint density at radius 2 is 0.240 bits per heavy atom. The van der Waals surface area contributed by atoms with E-state index in [4.69, 9.17) is 81.7 Å². The van der Waals surface area contributed by atoms with Crippen molar-refractivity contribution in [2.75, 3.05) is 0 Å². The average molecular weight is 1320 g/mol. The van der Waals surface area contributed by atoms with E-state index in [-0.39, 0.29) is 713 Å². The average Bonchev–Trinajstić information content (AvgIpc) is 2.85. The Kier molecular flexibility index (Phi) is 244. The van der Waals surface area contributed by atoms with Crippen LogP contribution in [0.4, 0.5) is 0 Å². The van der Waals surface area contributed by atoms with Crippen molar-refractivity contribution in [1.82, 2.24) is 0 Å². The molecule has 342 valence electrons. The molecule has 0 atom stereocenters. The molecule has 0 aromatic rings. The Hall–Kier alpha value is 16.5. The molecule has 0 bridgehead atoms. The van der Waals surface area contributed by atoms with E-state index in [1.165, 1.54) is 0 Å².